The summed E-state index contributed by atoms with van der Waals surface area (Å²) < 4.78 is 5.84. The number of anilines is 2. The Morgan fingerprint density at radius 1 is 1.28 bits per heavy atom. The lowest BCUT2D eigenvalue weighted by Gasteiger charge is -2.35. The number of aromatic nitrogens is 2. The third-order valence-electron chi connectivity index (χ3n) is 5.12. The summed E-state index contributed by atoms with van der Waals surface area (Å²) in [4.78, 5) is 28.4. The van der Waals surface area contributed by atoms with Gasteiger partial charge in [-0.05, 0) is 36.4 Å². The molecule has 1 aliphatic heterocycles. The SMILES string of the molecule is CN(C)C(=O)c1ccc2c(c1)N(C)[C@@H](CC(=O)Nc1ccc3cn[nH]c3c1)CO2. The summed E-state index contributed by atoms with van der Waals surface area (Å²) in [6, 6.07) is 10.9. The van der Waals surface area contributed by atoms with Gasteiger partial charge < -0.3 is 19.9 Å². The molecule has 8 nitrogen and oxygen atoms in total. The number of rotatable bonds is 4. The first-order valence-electron chi connectivity index (χ1n) is 9.36. The number of hydrogen-bond acceptors (Lipinski definition) is 5. The number of ether oxygens (including phenoxy) is 1. The highest BCUT2D eigenvalue weighted by Crippen LogP contribution is 2.34. The minimum Gasteiger partial charge on any atom is -0.489 e. The van der Waals surface area contributed by atoms with E-state index in [-0.39, 0.29) is 24.3 Å². The zero-order valence-corrected chi connectivity index (χ0v) is 16.6. The van der Waals surface area contributed by atoms with E-state index in [1.807, 2.05) is 36.2 Å². The molecule has 1 aromatic heterocycles. The molecule has 29 heavy (non-hydrogen) atoms. The normalized spacial score (nSPS) is 15.6. The van der Waals surface area contributed by atoms with E-state index in [1.54, 1.807) is 32.4 Å². The quantitative estimate of drug-likeness (QED) is 0.711. The number of carbonyl (C=O) groups is 2. The first kappa shape index (κ1) is 18.8. The van der Waals surface area contributed by atoms with E-state index in [9.17, 15) is 9.59 Å². The monoisotopic (exact) mass is 393 g/mol. The number of H-pyrrole nitrogens is 1. The van der Waals surface area contributed by atoms with Gasteiger partial charge in [0.2, 0.25) is 5.91 Å². The molecule has 4 rings (SSSR count). The van der Waals surface area contributed by atoms with Crippen molar-refractivity contribution in [1.29, 1.82) is 0 Å². The molecule has 1 aliphatic rings. The van der Waals surface area contributed by atoms with Crippen molar-refractivity contribution < 1.29 is 14.3 Å². The topological polar surface area (TPSA) is 90.6 Å². The third-order valence-corrected chi connectivity index (χ3v) is 5.12. The van der Waals surface area contributed by atoms with Crippen LogP contribution in [0.15, 0.2) is 42.6 Å². The second-order valence-electron chi connectivity index (χ2n) is 7.38. The van der Waals surface area contributed by atoms with Crippen LogP contribution in [-0.4, -0.2) is 60.7 Å². The van der Waals surface area contributed by atoms with Crippen LogP contribution < -0.4 is 15.0 Å². The molecular weight excluding hydrogens is 370 g/mol. The van der Waals surface area contributed by atoms with Crippen molar-refractivity contribution >= 4 is 34.1 Å². The molecule has 0 radical (unpaired) electrons. The van der Waals surface area contributed by atoms with Crippen LogP contribution in [0.25, 0.3) is 10.9 Å². The molecule has 2 aromatic carbocycles. The summed E-state index contributed by atoms with van der Waals surface area (Å²) in [5, 5.41) is 10.8. The van der Waals surface area contributed by atoms with Gasteiger partial charge in [-0.2, -0.15) is 5.10 Å². The summed E-state index contributed by atoms with van der Waals surface area (Å²) in [7, 11) is 5.35. The molecule has 0 unspecified atom stereocenters. The summed E-state index contributed by atoms with van der Waals surface area (Å²) >= 11 is 0. The Balaban J connectivity index is 1.46. The Labute approximate surface area is 168 Å². The van der Waals surface area contributed by atoms with Gasteiger partial charge in [0.15, 0.2) is 0 Å². The van der Waals surface area contributed by atoms with Gasteiger partial charge in [0.25, 0.3) is 5.91 Å². The van der Waals surface area contributed by atoms with Gasteiger partial charge >= 0.3 is 0 Å². The molecule has 3 aromatic rings. The molecule has 0 saturated carbocycles. The highest BCUT2D eigenvalue weighted by atomic mass is 16.5. The number of nitrogens with one attached hydrogen (secondary N) is 2. The van der Waals surface area contributed by atoms with Crippen LogP contribution in [0, 0.1) is 0 Å². The fourth-order valence-electron chi connectivity index (χ4n) is 3.44. The van der Waals surface area contributed by atoms with Gasteiger partial charge in [0.05, 0.1) is 29.9 Å². The van der Waals surface area contributed by atoms with Crippen molar-refractivity contribution in [3.05, 3.63) is 48.2 Å². The second kappa shape index (κ2) is 7.46. The maximum Gasteiger partial charge on any atom is 0.253 e. The molecular formula is C21H23N5O3. The van der Waals surface area contributed by atoms with E-state index in [0.29, 0.717) is 23.6 Å². The molecule has 8 heteroatoms. The van der Waals surface area contributed by atoms with E-state index < -0.39 is 0 Å². The first-order chi connectivity index (χ1) is 13.9. The Morgan fingerprint density at radius 3 is 2.90 bits per heavy atom. The average molecular weight is 393 g/mol. The minimum absolute atomic E-state index is 0.0738. The fourth-order valence-corrected chi connectivity index (χ4v) is 3.44. The van der Waals surface area contributed by atoms with Crippen molar-refractivity contribution in [2.75, 3.05) is 38.0 Å². The predicted octanol–water partition coefficient (Wildman–Crippen LogP) is 2.49. The molecule has 1 atom stereocenters. The number of nitrogens with zero attached hydrogens (tertiary/aromatic N) is 3. The Hall–Kier alpha value is -3.55. The number of fused-ring (bicyclic) bond motifs is 2. The van der Waals surface area contributed by atoms with Crippen molar-refractivity contribution in [3.8, 4) is 5.75 Å². The van der Waals surface area contributed by atoms with Gasteiger partial charge in [-0.15, -0.1) is 0 Å². The van der Waals surface area contributed by atoms with Gasteiger partial charge in [0, 0.05) is 37.8 Å². The Bertz CT molecular complexity index is 1080. The maximum absolute atomic E-state index is 12.6. The van der Waals surface area contributed by atoms with E-state index in [1.165, 1.54) is 4.90 Å². The minimum atomic E-state index is -0.136. The molecule has 0 spiro atoms. The standard InChI is InChI=1S/C21H23N5O3/c1-25(2)21(28)13-5-7-19-18(8-13)26(3)16(12-29-19)10-20(27)23-15-6-4-14-11-22-24-17(14)9-15/h4-9,11,16H,10,12H2,1-3H3,(H,22,24)(H,23,27)/t16-/m0/s1. The third kappa shape index (κ3) is 3.73. The average Bonchev–Trinajstić information content (AvgIpc) is 3.17. The van der Waals surface area contributed by atoms with Crippen LogP contribution in [0.4, 0.5) is 11.4 Å². The first-order valence-corrected chi connectivity index (χ1v) is 9.36. The highest BCUT2D eigenvalue weighted by molar-refractivity contribution is 5.96. The number of amides is 2. The van der Waals surface area contributed by atoms with Crippen LogP contribution in [0.1, 0.15) is 16.8 Å². The molecule has 2 heterocycles. The number of likely N-dealkylation sites (N-methyl/N-ethyl adjacent to an activating group) is 1. The van der Waals surface area contributed by atoms with Crippen molar-refractivity contribution in [1.82, 2.24) is 15.1 Å². The van der Waals surface area contributed by atoms with E-state index in [0.717, 1.165) is 16.6 Å². The summed E-state index contributed by atoms with van der Waals surface area (Å²) in [5.41, 5.74) is 2.97. The zero-order valence-electron chi connectivity index (χ0n) is 16.6. The molecule has 0 saturated heterocycles. The van der Waals surface area contributed by atoms with Crippen LogP contribution in [0.3, 0.4) is 0 Å². The molecule has 2 amide bonds. The van der Waals surface area contributed by atoms with Crippen molar-refractivity contribution in [2.45, 2.75) is 12.5 Å². The van der Waals surface area contributed by atoms with Crippen LogP contribution in [0.2, 0.25) is 0 Å². The second-order valence-corrected chi connectivity index (χ2v) is 7.38. The lowest BCUT2D eigenvalue weighted by Crippen LogP contribution is -2.42. The smallest absolute Gasteiger partial charge is 0.253 e. The number of benzene rings is 2. The molecule has 0 aliphatic carbocycles. The summed E-state index contributed by atoms with van der Waals surface area (Å²) in [6.45, 7) is 0.400. The fraction of sp³-hybridized carbons (Fsp3) is 0.286. The van der Waals surface area contributed by atoms with E-state index in [4.69, 9.17) is 4.74 Å². The predicted molar refractivity (Wildman–Crippen MR) is 111 cm³/mol. The van der Waals surface area contributed by atoms with Crippen LogP contribution in [-0.2, 0) is 4.79 Å². The number of aromatic amines is 1. The van der Waals surface area contributed by atoms with Crippen molar-refractivity contribution in [2.24, 2.45) is 0 Å². The highest BCUT2D eigenvalue weighted by Gasteiger charge is 2.28. The van der Waals surface area contributed by atoms with E-state index >= 15 is 0 Å². The maximum atomic E-state index is 12.6. The van der Waals surface area contributed by atoms with Crippen LogP contribution in [0.5, 0.6) is 5.75 Å². The Morgan fingerprint density at radius 2 is 2.10 bits per heavy atom. The zero-order chi connectivity index (χ0) is 20.5. The molecule has 150 valence electrons. The lowest BCUT2D eigenvalue weighted by atomic mass is 10.1. The van der Waals surface area contributed by atoms with Gasteiger partial charge in [-0.25, -0.2) is 0 Å². The largest absolute Gasteiger partial charge is 0.489 e. The van der Waals surface area contributed by atoms with Gasteiger partial charge in [-0.3, -0.25) is 14.7 Å². The number of carbonyl (C=O) groups excluding carboxylic acids is 2. The van der Waals surface area contributed by atoms with Crippen LogP contribution >= 0.6 is 0 Å². The van der Waals surface area contributed by atoms with Gasteiger partial charge in [-0.1, -0.05) is 0 Å². The molecule has 0 bridgehead atoms. The van der Waals surface area contributed by atoms with Gasteiger partial charge in [0.1, 0.15) is 12.4 Å². The number of hydrogen-bond donors (Lipinski definition) is 2. The Kier molecular flexibility index (Phi) is 4.84. The summed E-state index contributed by atoms with van der Waals surface area (Å²) in [6.07, 6.45) is 2.00. The lowest BCUT2D eigenvalue weighted by molar-refractivity contribution is -0.116. The summed E-state index contributed by atoms with van der Waals surface area (Å²) in [5.74, 6) is 0.535. The molecule has 2 N–H and O–H groups in total. The molecule has 0 fully saturated rings. The van der Waals surface area contributed by atoms with E-state index in [2.05, 4.69) is 15.5 Å². The van der Waals surface area contributed by atoms with Crippen molar-refractivity contribution in [3.63, 3.8) is 0 Å².